The Kier molecular flexibility index (Phi) is 67.6. The summed E-state index contributed by atoms with van der Waals surface area (Å²) in [6.07, 6.45) is 102. The van der Waals surface area contributed by atoms with Crippen molar-refractivity contribution in [3.8, 4) is 0 Å². The molecule has 0 heterocycles. The Balaban J connectivity index is 3.90. The molecule has 496 valence electrons. The monoisotopic (exact) mass is 1230 g/mol. The van der Waals surface area contributed by atoms with E-state index >= 15 is 0 Å². The molecular weight excluding hydrogens is 1100 g/mol. The van der Waals surface area contributed by atoms with Crippen molar-refractivity contribution in [1.29, 1.82) is 0 Å². The van der Waals surface area contributed by atoms with Gasteiger partial charge in [0.05, 0.1) is 13.2 Å². The van der Waals surface area contributed by atoms with Gasteiger partial charge in [0, 0.05) is 19.4 Å². The van der Waals surface area contributed by atoms with E-state index in [2.05, 4.69) is 160 Å². The summed E-state index contributed by atoms with van der Waals surface area (Å²) in [5.74, 6) is -0.878. The molecule has 87 heavy (non-hydrogen) atoms. The first-order valence-electron chi connectivity index (χ1n) is 35.3. The molecule has 0 aromatic heterocycles. The number of hydrogen-bond acceptors (Lipinski definition) is 8. The van der Waals surface area contributed by atoms with Gasteiger partial charge in [-0.05, 0) is 116 Å². The summed E-state index contributed by atoms with van der Waals surface area (Å²) in [4.78, 5) is 35.3. The van der Waals surface area contributed by atoms with Crippen molar-refractivity contribution in [2.75, 3.05) is 26.4 Å². The fraction of sp³-hybridized carbons (Fsp3) is 0.662. The maximum absolute atomic E-state index is 12.7. The highest BCUT2D eigenvalue weighted by atomic mass is 31.2. The Morgan fingerprint density at radius 3 is 0.908 bits per heavy atom. The van der Waals surface area contributed by atoms with Crippen LogP contribution in [0.5, 0.6) is 0 Å². The molecule has 9 nitrogen and oxygen atoms in total. The maximum atomic E-state index is 12.7. The lowest BCUT2D eigenvalue weighted by Crippen LogP contribution is -2.29. The molecule has 0 bridgehead atoms. The lowest BCUT2D eigenvalue weighted by atomic mass is 10.0. The van der Waals surface area contributed by atoms with Crippen LogP contribution in [0.1, 0.15) is 296 Å². The number of esters is 2. The van der Waals surface area contributed by atoms with Crippen molar-refractivity contribution in [2.45, 2.75) is 302 Å². The van der Waals surface area contributed by atoms with Gasteiger partial charge in [-0.25, -0.2) is 4.57 Å². The molecule has 0 saturated carbocycles. The Hall–Kier alpha value is -4.11. The van der Waals surface area contributed by atoms with Gasteiger partial charge < -0.3 is 20.1 Å². The quantitative estimate of drug-likeness (QED) is 0.0264. The standard InChI is InChI=1S/C77H130NO8P/c1-3-5-7-9-11-13-15-17-19-21-23-25-27-29-31-32-33-34-35-36-37-38-39-40-41-42-44-45-47-49-51-53-55-57-59-61-63-65-67-69-76(79)83-73-75(74-85-87(81,82)84-72-71-78)86-77(80)70-68-66-64-62-60-58-56-54-52-50-48-46-43-30-28-26-24-22-20-18-16-14-12-10-8-6-4-2/h5-8,11-14,17-20,23-26,30,43,48,50,54,56,60,62,75H,3-4,9-10,15-16,21-22,27-29,31-42,44-47,49,51-53,55,57-59,61,63-74,78H2,1-2H3,(H,81,82)/b7-5-,8-6-,13-11-,14-12-,19-17-,20-18-,25-23-,26-24-,43-30-,50-48-,56-54-,62-60-. The molecule has 0 rings (SSSR count). The van der Waals surface area contributed by atoms with Crippen molar-refractivity contribution in [3.05, 3.63) is 146 Å². The molecule has 0 aromatic rings. The summed E-state index contributed by atoms with van der Waals surface area (Å²) in [6, 6.07) is 0. The molecular formula is C77H130NO8P. The lowest BCUT2D eigenvalue weighted by molar-refractivity contribution is -0.161. The van der Waals surface area contributed by atoms with Crippen molar-refractivity contribution < 1.29 is 37.6 Å². The molecule has 2 unspecified atom stereocenters. The van der Waals surface area contributed by atoms with Gasteiger partial charge in [0.25, 0.3) is 0 Å². The number of allylic oxidation sites excluding steroid dienone is 24. The van der Waals surface area contributed by atoms with Crippen LogP contribution in [0.4, 0.5) is 0 Å². The molecule has 0 amide bonds. The summed E-state index contributed by atoms with van der Waals surface area (Å²) < 4.78 is 33.1. The number of nitrogens with two attached hydrogens (primary N) is 1. The van der Waals surface area contributed by atoms with Gasteiger partial charge in [-0.3, -0.25) is 18.6 Å². The van der Waals surface area contributed by atoms with E-state index in [0.29, 0.717) is 6.42 Å². The van der Waals surface area contributed by atoms with E-state index in [9.17, 15) is 19.0 Å². The SMILES string of the molecule is CC/C=C\C/C=C\C/C=C\C/C=C\C/C=C\C/C=C\C/C=C\C/C=C\CCCCC(=O)OC(COC(=O)CCCCCCCCCCCCCCCCCCCCCCCCCCCC/C=C\C/C=C\C/C=C\C/C=C\CC)COP(=O)(O)OCCN. The summed E-state index contributed by atoms with van der Waals surface area (Å²) in [6.45, 7) is 3.48. The van der Waals surface area contributed by atoms with Gasteiger partial charge in [-0.2, -0.15) is 0 Å². The van der Waals surface area contributed by atoms with E-state index < -0.39 is 32.5 Å². The number of phosphoric ester groups is 1. The van der Waals surface area contributed by atoms with Crippen molar-refractivity contribution in [3.63, 3.8) is 0 Å². The van der Waals surface area contributed by atoms with E-state index in [1.807, 2.05) is 0 Å². The third-order valence-corrected chi connectivity index (χ3v) is 15.7. The number of rotatable bonds is 65. The van der Waals surface area contributed by atoms with Crippen LogP contribution in [0, 0.1) is 0 Å². The smallest absolute Gasteiger partial charge is 0.462 e. The Bertz CT molecular complexity index is 1940. The summed E-state index contributed by atoms with van der Waals surface area (Å²) in [5, 5.41) is 0. The molecule has 2 atom stereocenters. The second-order valence-corrected chi connectivity index (χ2v) is 24.4. The normalized spacial score (nSPS) is 13.8. The van der Waals surface area contributed by atoms with Gasteiger partial charge in [-0.1, -0.05) is 314 Å². The van der Waals surface area contributed by atoms with Crippen LogP contribution >= 0.6 is 7.82 Å². The second-order valence-electron chi connectivity index (χ2n) is 23.0. The second kappa shape index (κ2) is 71.0. The number of unbranched alkanes of at least 4 members (excludes halogenated alkanes) is 28. The first-order chi connectivity index (χ1) is 42.8. The molecule has 0 spiro atoms. The number of carbonyl (C=O) groups excluding carboxylic acids is 2. The highest BCUT2D eigenvalue weighted by molar-refractivity contribution is 7.47. The van der Waals surface area contributed by atoms with E-state index in [0.717, 1.165) is 109 Å². The largest absolute Gasteiger partial charge is 0.472 e. The van der Waals surface area contributed by atoms with Crippen LogP contribution in [-0.2, 0) is 32.7 Å². The molecule has 0 fully saturated rings. The molecule has 0 saturated heterocycles. The highest BCUT2D eigenvalue weighted by Gasteiger charge is 2.26. The van der Waals surface area contributed by atoms with Crippen molar-refractivity contribution >= 4 is 19.8 Å². The van der Waals surface area contributed by atoms with Gasteiger partial charge in [0.15, 0.2) is 6.10 Å². The summed E-state index contributed by atoms with van der Waals surface area (Å²) >= 11 is 0. The predicted octanol–water partition coefficient (Wildman–Crippen LogP) is 23.4. The predicted molar refractivity (Wildman–Crippen MR) is 376 cm³/mol. The average molecular weight is 1230 g/mol. The number of ether oxygens (including phenoxy) is 2. The van der Waals surface area contributed by atoms with Crippen molar-refractivity contribution in [1.82, 2.24) is 0 Å². The van der Waals surface area contributed by atoms with E-state index in [4.69, 9.17) is 24.3 Å². The molecule has 0 radical (unpaired) electrons. The summed E-state index contributed by atoms with van der Waals surface area (Å²) in [7, 11) is -4.41. The van der Waals surface area contributed by atoms with Gasteiger partial charge in [0.1, 0.15) is 6.61 Å². The number of phosphoric acid groups is 1. The van der Waals surface area contributed by atoms with Crippen LogP contribution in [-0.4, -0.2) is 49.3 Å². The lowest BCUT2D eigenvalue weighted by Gasteiger charge is -2.19. The van der Waals surface area contributed by atoms with Crippen LogP contribution in [0.15, 0.2) is 146 Å². The van der Waals surface area contributed by atoms with E-state index in [1.165, 1.54) is 154 Å². The van der Waals surface area contributed by atoms with Crippen molar-refractivity contribution in [2.24, 2.45) is 5.73 Å². The molecule has 0 aromatic carbocycles. The molecule has 10 heteroatoms. The third-order valence-electron chi connectivity index (χ3n) is 14.7. The first kappa shape index (κ1) is 82.9. The molecule has 0 aliphatic heterocycles. The average Bonchev–Trinajstić information content (AvgIpc) is 3.62. The van der Waals surface area contributed by atoms with Crippen LogP contribution in [0.2, 0.25) is 0 Å². The van der Waals surface area contributed by atoms with Crippen LogP contribution < -0.4 is 5.73 Å². The Labute approximate surface area is 535 Å². The highest BCUT2D eigenvalue weighted by Crippen LogP contribution is 2.43. The minimum absolute atomic E-state index is 0.0403. The Morgan fingerprint density at radius 1 is 0.345 bits per heavy atom. The fourth-order valence-corrected chi connectivity index (χ4v) is 10.4. The van der Waals surface area contributed by atoms with Crippen LogP contribution in [0.25, 0.3) is 0 Å². The minimum Gasteiger partial charge on any atom is -0.462 e. The van der Waals surface area contributed by atoms with Gasteiger partial charge in [0.2, 0.25) is 0 Å². The summed E-state index contributed by atoms with van der Waals surface area (Å²) in [5.41, 5.74) is 5.40. The topological polar surface area (TPSA) is 134 Å². The number of hydrogen-bond donors (Lipinski definition) is 2. The zero-order chi connectivity index (χ0) is 63.0. The minimum atomic E-state index is -4.41. The maximum Gasteiger partial charge on any atom is 0.472 e. The zero-order valence-corrected chi connectivity index (χ0v) is 56.6. The molecule has 3 N–H and O–H groups in total. The van der Waals surface area contributed by atoms with E-state index in [1.54, 1.807) is 0 Å². The van der Waals surface area contributed by atoms with Gasteiger partial charge in [-0.15, -0.1) is 0 Å². The Morgan fingerprint density at radius 2 is 0.598 bits per heavy atom. The molecule has 0 aliphatic carbocycles. The molecule has 0 aliphatic rings. The fourth-order valence-electron chi connectivity index (χ4n) is 9.59. The number of carbonyl (C=O) groups is 2. The van der Waals surface area contributed by atoms with E-state index in [-0.39, 0.29) is 32.6 Å². The first-order valence-corrected chi connectivity index (χ1v) is 36.8. The van der Waals surface area contributed by atoms with Gasteiger partial charge >= 0.3 is 19.8 Å². The third kappa shape index (κ3) is 70.8. The van der Waals surface area contributed by atoms with Crippen LogP contribution in [0.3, 0.4) is 0 Å². The zero-order valence-electron chi connectivity index (χ0n) is 55.7.